The van der Waals surface area contributed by atoms with Crippen LogP contribution < -0.4 is 0 Å². The first-order valence-electron chi connectivity index (χ1n) is 7.38. The molecule has 0 radical (unpaired) electrons. The van der Waals surface area contributed by atoms with E-state index in [0.29, 0.717) is 0 Å². The van der Waals surface area contributed by atoms with Gasteiger partial charge in [-0.25, -0.2) is 4.68 Å². The van der Waals surface area contributed by atoms with Gasteiger partial charge in [0.2, 0.25) is 0 Å². The van der Waals surface area contributed by atoms with E-state index >= 15 is 0 Å². The number of aromatic nitrogens is 4. The standard InChI is InChI=1S/C19H14N4/c1-2-6-17(7-3-1)23-19(16-5-4-10-21-14-16)13-18(22-23)15-8-11-20-12-9-15/h1-14H. The summed E-state index contributed by atoms with van der Waals surface area (Å²) in [5.41, 5.74) is 5.02. The summed E-state index contributed by atoms with van der Waals surface area (Å²) >= 11 is 0. The van der Waals surface area contributed by atoms with E-state index in [-0.39, 0.29) is 0 Å². The number of benzene rings is 1. The molecule has 0 aliphatic rings. The molecule has 0 N–H and O–H groups in total. The van der Waals surface area contributed by atoms with Gasteiger partial charge in [-0.3, -0.25) is 9.97 Å². The summed E-state index contributed by atoms with van der Waals surface area (Å²) in [4.78, 5) is 8.30. The van der Waals surface area contributed by atoms with Gasteiger partial charge in [0.1, 0.15) is 0 Å². The predicted molar refractivity (Wildman–Crippen MR) is 90.0 cm³/mol. The predicted octanol–water partition coefficient (Wildman–Crippen LogP) is 4.00. The Morgan fingerprint density at radius 1 is 0.696 bits per heavy atom. The van der Waals surface area contributed by atoms with E-state index < -0.39 is 0 Å². The molecule has 110 valence electrons. The van der Waals surface area contributed by atoms with Crippen molar-refractivity contribution in [2.75, 3.05) is 0 Å². The fraction of sp³-hybridized carbons (Fsp3) is 0. The average Bonchev–Trinajstić information content (AvgIpc) is 3.09. The monoisotopic (exact) mass is 298 g/mol. The Labute approximate surface area is 134 Å². The molecule has 4 rings (SSSR count). The van der Waals surface area contributed by atoms with Crippen LogP contribution in [-0.2, 0) is 0 Å². The Kier molecular flexibility index (Phi) is 3.41. The van der Waals surface area contributed by atoms with Crippen LogP contribution in [0.5, 0.6) is 0 Å². The first kappa shape index (κ1) is 13.4. The minimum Gasteiger partial charge on any atom is -0.265 e. The van der Waals surface area contributed by atoms with Crippen molar-refractivity contribution >= 4 is 0 Å². The second-order valence-corrected chi connectivity index (χ2v) is 5.14. The van der Waals surface area contributed by atoms with Crippen LogP contribution in [-0.4, -0.2) is 19.7 Å². The van der Waals surface area contributed by atoms with Crippen LogP contribution in [0.1, 0.15) is 0 Å². The van der Waals surface area contributed by atoms with Crippen molar-refractivity contribution in [2.24, 2.45) is 0 Å². The van der Waals surface area contributed by atoms with Crippen molar-refractivity contribution in [3.63, 3.8) is 0 Å². The molecule has 4 nitrogen and oxygen atoms in total. The molecule has 3 aromatic heterocycles. The molecule has 0 amide bonds. The van der Waals surface area contributed by atoms with Crippen molar-refractivity contribution in [1.29, 1.82) is 0 Å². The average molecular weight is 298 g/mol. The molecule has 0 atom stereocenters. The third-order valence-corrected chi connectivity index (χ3v) is 3.64. The van der Waals surface area contributed by atoms with Crippen molar-refractivity contribution < 1.29 is 0 Å². The largest absolute Gasteiger partial charge is 0.265 e. The molecule has 0 fully saturated rings. The zero-order valence-electron chi connectivity index (χ0n) is 12.4. The highest BCUT2D eigenvalue weighted by Crippen LogP contribution is 2.27. The molecule has 0 aliphatic carbocycles. The van der Waals surface area contributed by atoms with Gasteiger partial charge < -0.3 is 0 Å². The Morgan fingerprint density at radius 2 is 1.52 bits per heavy atom. The Morgan fingerprint density at radius 3 is 2.26 bits per heavy atom. The van der Waals surface area contributed by atoms with Crippen LogP contribution in [0.3, 0.4) is 0 Å². The number of hydrogen-bond acceptors (Lipinski definition) is 3. The highest BCUT2D eigenvalue weighted by molar-refractivity contribution is 5.69. The lowest BCUT2D eigenvalue weighted by Gasteiger charge is -2.06. The third kappa shape index (κ3) is 2.62. The minimum absolute atomic E-state index is 0.912. The Bertz CT molecular complexity index is 843. The fourth-order valence-electron chi connectivity index (χ4n) is 2.53. The summed E-state index contributed by atoms with van der Waals surface area (Å²) in [5.74, 6) is 0. The summed E-state index contributed by atoms with van der Waals surface area (Å²) < 4.78 is 1.95. The van der Waals surface area contributed by atoms with Crippen LogP contribution >= 0.6 is 0 Å². The third-order valence-electron chi connectivity index (χ3n) is 3.64. The molecular weight excluding hydrogens is 284 g/mol. The van der Waals surface area contributed by atoms with E-state index in [4.69, 9.17) is 5.10 Å². The van der Waals surface area contributed by atoms with Crippen LogP contribution in [0.15, 0.2) is 85.5 Å². The van der Waals surface area contributed by atoms with Gasteiger partial charge in [0.15, 0.2) is 0 Å². The minimum atomic E-state index is 0.912. The highest BCUT2D eigenvalue weighted by Gasteiger charge is 2.12. The van der Waals surface area contributed by atoms with Crippen molar-refractivity contribution in [3.05, 3.63) is 85.5 Å². The van der Waals surface area contributed by atoms with E-state index in [9.17, 15) is 0 Å². The SMILES string of the molecule is c1ccc(-n2nc(-c3ccncc3)cc2-c2cccnc2)cc1. The molecule has 0 saturated carbocycles. The van der Waals surface area contributed by atoms with Gasteiger partial charge >= 0.3 is 0 Å². The normalized spacial score (nSPS) is 10.6. The lowest BCUT2D eigenvalue weighted by atomic mass is 10.1. The van der Waals surface area contributed by atoms with Gasteiger partial charge in [-0.15, -0.1) is 0 Å². The molecule has 0 unspecified atom stereocenters. The number of pyridine rings is 2. The second kappa shape index (κ2) is 5.85. The summed E-state index contributed by atoms with van der Waals surface area (Å²) in [7, 11) is 0. The van der Waals surface area contributed by atoms with Crippen LogP contribution in [0, 0.1) is 0 Å². The summed E-state index contributed by atoms with van der Waals surface area (Å²) in [6, 6.07) is 20.1. The van der Waals surface area contributed by atoms with Crippen LogP contribution in [0.25, 0.3) is 28.2 Å². The van der Waals surface area contributed by atoms with E-state index in [0.717, 1.165) is 28.2 Å². The summed E-state index contributed by atoms with van der Waals surface area (Å²) in [5, 5.41) is 4.79. The number of hydrogen-bond donors (Lipinski definition) is 0. The number of para-hydroxylation sites is 1. The molecule has 0 aliphatic heterocycles. The number of nitrogens with zero attached hydrogens (tertiary/aromatic N) is 4. The smallest absolute Gasteiger partial charge is 0.0935 e. The molecule has 4 heteroatoms. The van der Waals surface area contributed by atoms with Gasteiger partial charge in [-0.1, -0.05) is 18.2 Å². The zero-order valence-corrected chi connectivity index (χ0v) is 12.4. The summed E-state index contributed by atoms with van der Waals surface area (Å²) in [6.45, 7) is 0. The van der Waals surface area contributed by atoms with E-state index in [2.05, 4.69) is 16.0 Å². The lowest BCUT2D eigenvalue weighted by Crippen LogP contribution is -1.99. The summed E-state index contributed by atoms with van der Waals surface area (Å²) in [6.07, 6.45) is 7.19. The van der Waals surface area contributed by atoms with Crippen molar-refractivity contribution in [1.82, 2.24) is 19.7 Å². The maximum Gasteiger partial charge on any atom is 0.0935 e. The highest BCUT2D eigenvalue weighted by atomic mass is 15.3. The van der Waals surface area contributed by atoms with Gasteiger partial charge in [-0.2, -0.15) is 5.10 Å². The van der Waals surface area contributed by atoms with Crippen LogP contribution in [0.4, 0.5) is 0 Å². The molecule has 0 bridgehead atoms. The molecule has 4 aromatic rings. The molecule has 0 saturated heterocycles. The number of rotatable bonds is 3. The molecular formula is C19H14N4. The Balaban J connectivity index is 1.91. The van der Waals surface area contributed by atoms with Crippen molar-refractivity contribution in [2.45, 2.75) is 0 Å². The van der Waals surface area contributed by atoms with Gasteiger partial charge in [0.05, 0.1) is 17.1 Å². The fourth-order valence-corrected chi connectivity index (χ4v) is 2.53. The first-order valence-corrected chi connectivity index (χ1v) is 7.38. The molecule has 0 spiro atoms. The van der Waals surface area contributed by atoms with Crippen LogP contribution in [0.2, 0.25) is 0 Å². The quantitative estimate of drug-likeness (QED) is 0.574. The first-order chi connectivity index (χ1) is 11.4. The lowest BCUT2D eigenvalue weighted by molar-refractivity contribution is 0.891. The van der Waals surface area contributed by atoms with Gasteiger partial charge in [0.25, 0.3) is 0 Å². The van der Waals surface area contributed by atoms with Gasteiger partial charge in [0, 0.05) is 35.9 Å². The zero-order chi connectivity index (χ0) is 15.5. The maximum absolute atomic E-state index is 4.79. The Hall–Kier alpha value is -3.27. The topological polar surface area (TPSA) is 43.6 Å². The van der Waals surface area contributed by atoms with E-state index in [1.165, 1.54) is 0 Å². The molecule has 3 heterocycles. The van der Waals surface area contributed by atoms with Gasteiger partial charge in [-0.05, 0) is 42.5 Å². The van der Waals surface area contributed by atoms with Crippen molar-refractivity contribution in [3.8, 4) is 28.2 Å². The van der Waals surface area contributed by atoms with E-state index in [1.54, 1.807) is 18.6 Å². The molecule has 23 heavy (non-hydrogen) atoms. The second-order valence-electron chi connectivity index (χ2n) is 5.14. The van der Waals surface area contributed by atoms with E-state index in [1.807, 2.05) is 65.5 Å². The molecule has 1 aromatic carbocycles. The maximum atomic E-state index is 4.79.